The third kappa shape index (κ3) is 8.29. The minimum absolute atomic E-state index is 0.00624. The monoisotopic (exact) mass is 860 g/mol. The summed E-state index contributed by atoms with van der Waals surface area (Å²) in [6, 6.07) is 8.33. The second-order valence-corrected chi connectivity index (χ2v) is 12.3. The first kappa shape index (κ1) is 27.6. The van der Waals surface area contributed by atoms with Crippen LogP contribution in [0.4, 0.5) is 0 Å². The normalized spacial score (nSPS) is 13.2. The van der Waals surface area contributed by atoms with Gasteiger partial charge in [0.2, 0.25) is 0 Å². The van der Waals surface area contributed by atoms with Crippen molar-refractivity contribution in [3.05, 3.63) is 53.3 Å². The summed E-state index contributed by atoms with van der Waals surface area (Å²) in [5, 5.41) is 1.54. The molecule has 2 aromatic carbocycles. The van der Waals surface area contributed by atoms with Crippen molar-refractivity contribution in [1.29, 1.82) is 0 Å². The SMILES string of the molecule is COC(CBr)COc1c(Br)cc(Cc2cc(Br)c(OCC(Br)CBr)c(Br)c2)cc1Br. The van der Waals surface area contributed by atoms with E-state index in [-0.39, 0.29) is 10.9 Å². The number of methoxy groups -OCH3 is 1. The van der Waals surface area contributed by atoms with Crippen LogP contribution in [0, 0.1) is 0 Å². The summed E-state index contributed by atoms with van der Waals surface area (Å²) < 4.78 is 20.8. The van der Waals surface area contributed by atoms with Crippen LogP contribution in [0.1, 0.15) is 11.1 Å². The van der Waals surface area contributed by atoms with Crippen molar-refractivity contribution in [2.75, 3.05) is 31.0 Å². The molecule has 0 bridgehead atoms. The fraction of sp³-hybridized carbons (Fsp3) is 0.400. The molecule has 2 unspecified atom stereocenters. The van der Waals surface area contributed by atoms with Gasteiger partial charge in [-0.15, -0.1) is 0 Å². The van der Waals surface area contributed by atoms with Crippen LogP contribution in [0.2, 0.25) is 0 Å². The molecule has 3 nitrogen and oxygen atoms in total. The topological polar surface area (TPSA) is 27.7 Å². The van der Waals surface area contributed by atoms with Crippen molar-refractivity contribution in [2.45, 2.75) is 17.4 Å². The minimum atomic E-state index is -0.00624. The molecule has 0 aliphatic heterocycles. The molecular formula is C20H19Br7O3. The van der Waals surface area contributed by atoms with E-state index in [1.54, 1.807) is 7.11 Å². The third-order valence-electron chi connectivity index (χ3n) is 4.02. The lowest BCUT2D eigenvalue weighted by molar-refractivity contribution is 0.0753. The van der Waals surface area contributed by atoms with E-state index in [2.05, 4.69) is 136 Å². The first-order valence-electron chi connectivity index (χ1n) is 8.79. The molecule has 0 saturated heterocycles. The van der Waals surface area contributed by atoms with E-state index in [0.29, 0.717) is 18.5 Å². The van der Waals surface area contributed by atoms with Gasteiger partial charge in [-0.05, 0) is 106 Å². The molecule has 0 aliphatic carbocycles. The Morgan fingerprint density at radius 3 is 1.53 bits per heavy atom. The Morgan fingerprint density at radius 1 is 0.733 bits per heavy atom. The Balaban J connectivity index is 2.14. The number of ether oxygens (including phenoxy) is 3. The number of rotatable bonds is 11. The van der Waals surface area contributed by atoms with Crippen LogP contribution in [0.15, 0.2) is 42.2 Å². The van der Waals surface area contributed by atoms with Crippen LogP contribution in [-0.2, 0) is 11.2 Å². The zero-order valence-electron chi connectivity index (χ0n) is 15.9. The molecule has 2 aromatic rings. The van der Waals surface area contributed by atoms with E-state index < -0.39 is 0 Å². The van der Waals surface area contributed by atoms with Gasteiger partial charge in [0.05, 0.1) is 22.7 Å². The molecule has 0 spiro atoms. The molecule has 0 aliphatic rings. The van der Waals surface area contributed by atoms with Crippen molar-refractivity contribution < 1.29 is 14.2 Å². The molecular weight excluding hydrogens is 848 g/mol. The van der Waals surface area contributed by atoms with Gasteiger partial charge in [0.1, 0.15) is 30.8 Å². The van der Waals surface area contributed by atoms with E-state index in [9.17, 15) is 0 Å². The largest absolute Gasteiger partial charge is 0.490 e. The number of benzene rings is 2. The number of alkyl halides is 3. The first-order valence-corrected chi connectivity index (χ1v) is 15.1. The maximum atomic E-state index is 5.94. The number of hydrogen-bond acceptors (Lipinski definition) is 3. The van der Waals surface area contributed by atoms with Crippen molar-refractivity contribution in [3.63, 3.8) is 0 Å². The van der Waals surface area contributed by atoms with Crippen LogP contribution in [-0.4, -0.2) is 41.9 Å². The average molecular weight is 867 g/mol. The lowest BCUT2D eigenvalue weighted by atomic mass is 10.0. The summed E-state index contributed by atoms with van der Waals surface area (Å²) in [6.45, 7) is 1.03. The van der Waals surface area contributed by atoms with E-state index in [1.165, 1.54) is 0 Å². The highest BCUT2D eigenvalue weighted by Crippen LogP contribution is 2.38. The van der Waals surface area contributed by atoms with Gasteiger partial charge in [0.25, 0.3) is 0 Å². The van der Waals surface area contributed by atoms with Gasteiger partial charge in [-0.3, -0.25) is 0 Å². The minimum Gasteiger partial charge on any atom is -0.490 e. The van der Waals surface area contributed by atoms with Crippen LogP contribution >= 0.6 is 112 Å². The summed E-state index contributed by atoms with van der Waals surface area (Å²) >= 11 is 25.0. The molecule has 0 N–H and O–H groups in total. The maximum Gasteiger partial charge on any atom is 0.147 e. The zero-order chi connectivity index (χ0) is 22.3. The third-order valence-corrected chi connectivity index (χ3v) is 9.34. The summed E-state index contributed by atoms with van der Waals surface area (Å²) in [5.74, 6) is 1.57. The van der Waals surface area contributed by atoms with Crippen molar-refractivity contribution in [2.24, 2.45) is 0 Å². The first-order chi connectivity index (χ1) is 14.3. The average Bonchev–Trinajstić information content (AvgIpc) is 2.69. The van der Waals surface area contributed by atoms with Crippen LogP contribution < -0.4 is 9.47 Å². The molecule has 2 atom stereocenters. The molecule has 166 valence electrons. The van der Waals surface area contributed by atoms with Crippen LogP contribution in [0.25, 0.3) is 0 Å². The number of hydrogen-bond donors (Lipinski definition) is 0. The Labute approximate surface area is 236 Å². The van der Waals surface area contributed by atoms with Gasteiger partial charge in [-0.25, -0.2) is 0 Å². The molecule has 0 aromatic heterocycles. The quantitative estimate of drug-likeness (QED) is 0.212. The van der Waals surface area contributed by atoms with Crippen molar-refractivity contribution >= 4 is 112 Å². The fourth-order valence-corrected chi connectivity index (χ4v) is 6.30. The molecule has 0 amide bonds. The van der Waals surface area contributed by atoms with Crippen LogP contribution in [0.5, 0.6) is 11.5 Å². The highest BCUT2D eigenvalue weighted by atomic mass is 79.9. The van der Waals surface area contributed by atoms with Gasteiger partial charge in [0, 0.05) is 17.8 Å². The number of halogens is 7. The van der Waals surface area contributed by atoms with Gasteiger partial charge >= 0.3 is 0 Å². The predicted molar refractivity (Wildman–Crippen MR) is 149 cm³/mol. The van der Waals surface area contributed by atoms with Gasteiger partial charge < -0.3 is 14.2 Å². The van der Waals surface area contributed by atoms with E-state index in [0.717, 1.165) is 52.3 Å². The van der Waals surface area contributed by atoms with Crippen LogP contribution in [0.3, 0.4) is 0 Å². The summed E-state index contributed by atoms with van der Waals surface area (Å²) in [5.41, 5.74) is 2.31. The molecule has 0 saturated carbocycles. The summed E-state index contributed by atoms with van der Waals surface area (Å²) in [4.78, 5) is 0.250. The van der Waals surface area contributed by atoms with Gasteiger partial charge in [-0.2, -0.15) is 0 Å². The highest BCUT2D eigenvalue weighted by molar-refractivity contribution is 9.12. The van der Waals surface area contributed by atoms with Crippen molar-refractivity contribution in [1.82, 2.24) is 0 Å². The molecule has 30 heavy (non-hydrogen) atoms. The van der Waals surface area contributed by atoms with E-state index in [4.69, 9.17) is 14.2 Å². The summed E-state index contributed by atoms with van der Waals surface area (Å²) in [7, 11) is 1.68. The van der Waals surface area contributed by atoms with Gasteiger partial charge in [0.15, 0.2) is 0 Å². The van der Waals surface area contributed by atoms with Gasteiger partial charge in [-0.1, -0.05) is 47.8 Å². The predicted octanol–water partition coefficient (Wildman–Crippen LogP) is 8.65. The Morgan fingerprint density at radius 2 is 1.17 bits per heavy atom. The molecule has 2 rings (SSSR count). The lowest BCUT2D eigenvalue weighted by Crippen LogP contribution is -2.21. The Hall–Kier alpha value is 1.36. The van der Waals surface area contributed by atoms with E-state index >= 15 is 0 Å². The Bertz CT molecular complexity index is 797. The Kier molecular flexibility index (Phi) is 12.8. The van der Waals surface area contributed by atoms with E-state index in [1.807, 2.05) is 0 Å². The fourth-order valence-electron chi connectivity index (χ4n) is 2.51. The molecule has 0 fully saturated rings. The second kappa shape index (κ2) is 13.9. The molecule has 10 heteroatoms. The second-order valence-electron chi connectivity index (χ2n) is 6.34. The zero-order valence-corrected chi connectivity index (χ0v) is 27.0. The summed E-state index contributed by atoms with van der Waals surface area (Å²) in [6.07, 6.45) is 0.757. The molecule has 0 radical (unpaired) electrons. The highest BCUT2D eigenvalue weighted by Gasteiger charge is 2.15. The lowest BCUT2D eigenvalue weighted by Gasteiger charge is -2.17. The smallest absolute Gasteiger partial charge is 0.147 e. The maximum absolute atomic E-state index is 5.94. The molecule has 0 heterocycles. The van der Waals surface area contributed by atoms with Crippen molar-refractivity contribution in [3.8, 4) is 11.5 Å². The standard InChI is InChI=1S/C20H19Br7O3/c1-28-14(8-22)10-30-20-17(26)5-12(6-18(20)27)2-11-3-15(24)19(16(25)4-11)29-9-13(23)7-21/h3-6,13-14H,2,7-10H2,1H3.